The number of carbonyl (C=O) groups is 1. The Balaban J connectivity index is 2.49. The van der Waals surface area contributed by atoms with E-state index in [2.05, 4.69) is 10.1 Å². The van der Waals surface area contributed by atoms with Gasteiger partial charge in [0.1, 0.15) is 6.54 Å². The minimum absolute atomic E-state index is 0.125. The molecule has 0 saturated heterocycles. The summed E-state index contributed by atoms with van der Waals surface area (Å²) < 4.78 is 1.49. The van der Waals surface area contributed by atoms with Gasteiger partial charge in [-0.15, -0.1) is 0 Å². The molecule has 0 aromatic carbocycles. The van der Waals surface area contributed by atoms with Gasteiger partial charge in [-0.25, -0.2) is 0 Å². The first-order valence-corrected chi connectivity index (χ1v) is 5.27. The largest absolute Gasteiger partial charge is 0.480 e. The first kappa shape index (κ1) is 11.3. The lowest BCUT2D eigenvalue weighted by molar-refractivity contribution is -0.137. The second-order valence-electron chi connectivity index (χ2n) is 3.81. The van der Waals surface area contributed by atoms with E-state index in [9.17, 15) is 4.79 Å². The summed E-state index contributed by atoms with van der Waals surface area (Å²) in [5, 5.41) is 13.0. The third kappa shape index (κ3) is 2.18. The SMILES string of the molecule is Cc1nn(CC(=O)O)c(C)c1-c1ccccn1. The van der Waals surface area contributed by atoms with E-state index in [0.29, 0.717) is 0 Å². The van der Waals surface area contributed by atoms with Gasteiger partial charge in [0.2, 0.25) is 0 Å². The fourth-order valence-electron chi connectivity index (χ4n) is 1.86. The van der Waals surface area contributed by atoms with Crippen molar-refractivity contribution in [3.05, 3.63) is 35.8 Å². The van der Waals surface area contributed by atoms with Crippen molar-refractivity contribution in [1.29, 1.82) is 0 Å². The first-order valence-electron chi connectivity index (χ1n) is 5.27. The number of carboxylic acids is 1. The number of hydrogen-bond donors (Lipinski definition) is 1. The molecule has 0 bridgehead atoms. The fraction of sp³-hybridized carbons (Fsp3) is 0.250. The van der Waals surface area contributed by atoms with Crippen LogP contribution in [-0.2, 0) is 11.3 Å². The summed E-state index contributed by atoms with van der Waals surface area (Å²) in [6.07, 6.45) is 1.71. The molecule has 0 saturated carbocycles. The highest BCUT2D eigenvalue weighted by Crippen LogP contribution is 2.24. The van der Waals surface area contributed by atoms with Gasteiger partial charge in [0.25, 0.3) is 0 Å². The zero-order valence-corrected chi connectivity index (χ0v) is 9.71. The number of hydrogen-bond acceptors (Lipinski definition) is 3. The van der Waals surface area contributed by atoms with E-state index in [0.717, 1.165) is 22.6 Å². The number of carboxylic acid groups (broad SMARTS) is 1. The van der Waals surface area contributed by atoms with Crippen LogP contribution in [0.5, 0.6) is 0 Å². The van der Waals surface area contributed by atoms with Crippen LogP contribution in [0.4, 0.5) is 0 Å². The monoisotopic (exact) mass is 231 g/mol. The quantitative estimate of drug-likeness (QED) is 0.872. The maximum absolute atomic E-state index is 10.7. The van der Waals surface area contributed by atoms with Gasteiger partial charge >= 0.3 is 5.97 Å². The molecule has 88 valence electrons. The summed E-state index contributed by atoms with van der Waals surface area (Å²) in [7, 11) is 0. The highest BCUT2D eigenvalue weighted by molar-refractivity contribution is 5.68. The minimum atomic E-state index is -0.900. The average molecular weight is 231 g/mol. The Kier molecular flexibility index (Phi) is 2.91. The fourth-order valence-corrected chi connectivity index (χ4v) is 1.86. The molecule has 0 fully saturated rings. The summed E-state index contributed by atoms with van der Waals surface area (Å²) in [4.78, 5) is 15.0. The summed E-state index contributed by atoms with van der Waals surface area (Å²) in [6, 6.07) is 5.63. The molecule has 0 aliphatic carbocycles. The van der Waals surface area contributed by atoms with E-state index in [-0.39, 0.29) is 6.54 Å². The van der Waals surface area contributed by atoms with Crippen molar-refractivity contribution in [1.82, 2.24) is 14.8 Å². The van der Waals surface area contributed by atoms with Gasteiger partial charge in [0.15, 0.2) is 0 Å². The lowest BCUT2D eigenvalue weighted by Gasteiger charge is -2.02. The van der Waals surface area contributed by atoms with Crippen LogP contribution in [-0.4, -0.2) is 25.8 Å². The van der Waals surface area contributed by atoms with Gasteiger partial charge in [0.05, 0.1) is 11.4 Å². The van der Waals surface area contributed by atoms with Crippen molar-refractivity contribution in [2.24, 2.45) is 0 Å². The lowest BCUT2D eigenvalue weighted by Crippen LogP contribution is -2.11. The smallest absolute Gasteiger partial charge is 0.325 e. The van der Waals surface area contributed by atoms with Crippen LogP contribution in [0.2, 0.25) is 0 Å². The highest BCUT2D eigenvalue weighted by Gasteiger charge is 2.15. The molecule has 0 spiro atoms. The first-order chi connectivity index (χ1) is 8.09. The molecule has 2 aromatic rings. The normalized spacial score (nSPS) is 10.5. The predicted molar refractivity (Wildman–Crippen MR) is 62.6 cm³/mol. The van der Waals surface area contributed by atoms with Gasteiger partial charge in [-0.3, -0.25) is 14.5 Å². The molecule has 5 heteroatoms. The van der Waals surface area contributed by atoms with E-state index in [1.807, 2.05) is 32.0 Å². The Morgan fingerprint density at radius 2 is 2.18 bits per heavy atom. The molecule has 5 nitrogen and oxygen atoms in total. The van der Waals surface area contributed by atoms with Gasteiger partial charge in [-0.2, -0.15) is 5.10 Å². The van der Waals surface area contributed by atoms with Crippen molar-refractivity contribution in [2.45, 2.75) is 20.4 Å². The zero-order valence-electron chi connectivity index (χ0n) is 9.71. The van der Waals surface area contributed by atoms with Crippen LogP contribution in [0.1, 0.15) is 11.4 Å². The molecule has 2 heterocycles. The number of pyridine rings is 1. The van der Waals surface area contributed by atoms with E-state index in [1.54, 1.807) is 6.20 Å². The second-order valence-corrected chi connectivity index (χ2v) is 3.81. The third-order valence-electron chi connectivity index (χ3n) is 2.59. The Hall–Kier alpha value is -2.17. The van der Waals surface area contributed by atoms with Crippen molar-refractivity contribution < 1.29 is 9.90 Å². The summed E-state index contributed by atoms with van der Waals surface area (Å²) >= 11 is 0. The van der Waals surface area contributed by atoms with Gasteiger partial charge in [-0.1, -0.05) is 6.07 Å². The van der Waals surface area contributed by atoms with Crippen molar-refractivity contribution in [2.75, 3.05) is 0 Å². The van der Waals surface area contributed by atoms with Gasteiger partial charge < -0.3 is 5.11 Å². The molecule has 0 unspecified atom stereocenters. The van der Waals surface area contributed by atoms with Crippen molar-refractivity contribution >= 4 is 5.97 Å². The van der Waals surface area contributed by atoms with E-state index >= 15 is 0 Å². The molecule has 0 radical (unpaired) electrons. The molecule has 1 N–H and O–H groups in total. The van der Waals surface area contributed by atoms with Crippen LogP contribution in [0.25, 0.3) is 11.3 Å². The zero-order chi connectivity index (χ0) is 12.4. The third-order valence-corrected chi connectivity index (χ3v) is 2.59. The van der Waals surface area contributed by atoms with Crippen LogP contribution < -0.4 is 0 Å². The maximum atomic E-state index is 10.7. The van der Waals surface area contributed by atoms with E-state index < -0.39 is 5.97 Å². The highest BCUT2D eigenvalue weighted by atomic mass is 16.4. The number of rotatable bonds is 3. The second kappa shape index (κ2) is 4.37. The van der Waals surface area contributed by atoms with Gasteiger partial charge in [-0.05, 0) is 26.0 Å². The number of nitrogens with zero attached hydrogens (tertiary/aromatic N) is 3. The molecular weight excluding hydrogens is 218 g/mol. The number of aryl methyl sites for hydroxylation is 1. The summed E-state index contributed by atoms with van der Waals surface area (Å²) in [6.45, 7) is 3.59. The van der Waals surface area contributed by atoms with E-state index in [4.69, 9.17) is 5.11 Å². The predicted octanol–water partition coefficient (Wildman–Crippen LogP) is 1.65. The number of aliphatic carboxylic acids is 1. The van der Waals surface area contributed by atoms with Crippen LogP contribution in [0, 0.1) is 13.8 Å². The average Bonchev–Trinajstić information content (AvgIpc) is 2.54. The summed E-state index contributed by atoms with van der Waals surface area (Å²) in [5.41, 5.74) is 3.34. The minimum Gasteiger partial charge on any atom is -0.480 e. The molecule has 0 aliphatic heterocycles. The summed E-state index contributed by atoms with van der Waals surface area (Å²) in [5.74, 6) is -0.900. The topological polar surface area (TPSA) is 68.0 Å². The standard InChI is InChI=1S/C12H13N3O2/c1-8-12(10-5-3-4-6-13-10)9(2)15(14-8)7-11(16)17/h3-6H,7H2,1-2H3,(H,16,17). The molecule has 0 atom stereocenters. The van der Waals surface area contributed by atoms with Crippen molar-refractivity contribution in [3.63, 3.8) is 0 Å². The molecular formula is C12H13N3O2. The van der Waals surface area contributed by atoms with Crippen LogP contribution in [0.15, 0.2) is 24.4 Å². The number of aromatic nitrogens is 3. The Morgan fingerprint density at radius 3 is 2.76 bits per heavy atom. The lowest BCUT2D eigenvalue weighted by atomic mass is 10.1. The maximum Gasteiger partial charge on any atom is 0.325 e. The van der Waals surface area contributed by atoms with Gasteiger partial charge in [0, 0.05) is 17.5 Å². The van der Waals surface area contributed by atoms with E-state index in [1.165, 1.54) is 4.68 Å². The van der Waals surface area contributed by atoms with Crippen LogP contribution >= 0.6 is 0 Å². The molecule has 0 aliphatic rings. The molecule has 17 heavy (non-hydrogen) atoms. The Labute approximate surface area is 98.7 Å². The molecule has 2 rings (SSSR count). The van der Waals surface area contributed by atoms with Crippen molar-refractivity contribution in [3.8, 4) is 11.3 Å². The Morgan fingerprint density at radius 1 is 1.41 bits per heavy atom. The Bertz CT molecular complexity index is 546. The van der Waals surface area contributed by atoms with Crippen LogP contribution in [0.3, 0.4) is 0 Å². The molecule has 0 amide bonds. The molecule has 2 aromatic heterocycles.